The molecule has 2 rings (SSSR count). The molecule has 0 fully saturated rings. The standard InChI is InChI=1S/C18H21NO4/c1-4-15(23-17-11-6-5-10-16(17)22-3)18(20)19-13-8-7-9-14(12-13)21-2/h5-12,15H,4H2,1-3H3,(H,19,20)/t15-/m1/s1. The van der Waals surface area contributed by atoms with Crippen molar-refractivity contribution in [2.45, 2.75) is 19.4 Å². The van der Waals surface area contributed by atoms with Crippen LogP contribution in [0, 0.1) is 0 Å². The average molecular weight is 315 g/mol. The van der Waals surface area contributed by atoms with Gasteiger partial charge in [-0.1, -0.05) is 25.1 Å². The molecule has 1 N–H and O–H groups in total. The number of nitrogens with one attached hydrogen (secondary N) is 1. The predicted octanol–water partition coefficient (Wildman–Crippen LogP) is 3.50. The lowest BCUT2D eigenvalue weighted by molar-refractivity contribution is -0.122. The first-order valence-electron chi connectivity index (χ1n) is 7.42. The van der Waals surface area contributed by atoms with Gasteiger partial charge in [0.15, 0.2) is 17.6 Å². The van der Waals surface area contributed by atoms with Crippen molar-refractivity contribution in [3.8, 4) is 17.2 Å². The van der Waals surface area contributed by atoms with E-state index in [1.165, 1.54) is 0 Å². The van der Waals surface area contributed by atoms with Crippen LogP contribution in [0.3, 0.4) is 0 Å². The van der Waals surface area contributed by atoms with Crippen molar-refractivity contribution in [3.63, 3.8) is 0 Å². The van der Waals surface area contributed by atoms with Gasteiger partial charge in [0.1, 0.15) is 5.75 Å². The lowest BCUT2D eigenvalue weighted by Crippen LogP contribution is -2.32. The molecule has 1 atom stereocenters. The number of carbonyl (C=O) groups excluding carboxylic acids is 1. The molecular formula is C18H21NO4. The zero-order chi connectivity index (χ0) is 16.7. The van der Waals surface area contributed by atoms with Gasteiger partial charge in [0.25, 0.3) is 5.91 Å². The first-order chi connectivity index (χ1) is 11.2. The summed E-state index contributed by atoms with van der Waals surface area (Å²) in [7, 11) is 3.15. The van der Waals surface area contributed by atoms with E-state index < -0.39 is 6.10 Å². The smallest absolute Gasteiger partial charge is 0.265 e. The second-order valence-corrected chi connectivity index (χ2v) is 4.89. The van der Waals surface area contributed by atoms with E-state index in [1.54, 1.807) is 38.5 Å². The molecule has 0 saturated carbocycles. The van der Waals surface area contributed by atoms with Crippen molar-refractivity contribution >= 4 is 11.6 Å². The number of benzene rings is 2. The summed E-state index contributed by atoms with van der Waals surface area (Å²) in [5, 5.41) is 2.84. The molecule has 1 amide bonds. The van der Waals surface area contributed by atoms with E-state index in [0.717, 1.165) is 0 Å². The molecular weight excluding hydrogens is 294 g/mol. The molecule has 0 aromatic heterocycles. The molecule has 0 saturated heterocycles. The Morgan fingerprint density at radius 1 is 1.04 bits per heavy atom. The molecule has 0 bridgehead atoms. The molecule has 2 aromatic carbocycles. The van der Waals surface area contributed by atoms with Crippen LogP contribution in [0.1, 0.15) is 13.3 Å². The summed E-state index contributed by atoms with van der Waals surface area (Å²) in [6.07, 6.45) is -0.0779. The van der Waals surface area contributed by atoms with Crippen molar-refractivity contribution < 1.29 is 19.0 Å². The molecule has 0 spiro atoms. The van der Waals surface area contributed by atoms with E-state index in [-0.39, 0.29) is 5.91 Å². The van der Waals surface area contributed by atoms with Crippen LogP contribution < -0.4 is 19.5 Å². The summed E-state index contributed by atoms with van der Waals surface area (Å²) in [6.45, 7) is 1.89. The van der Waals surface area contributed by atoms with Gasteiger partial charge >= 0.3 is 0 Å². The zero-order valence-corrected chi connectivity index (χ0v) is 13.5. The van der Waals surface area contributed by atoms with E-state index in [1.807, 2.05) is 31.2 Å². The van der Waals surface area contributed by atoms with E-state index >= 15 is 0 Å². The maximum Gasteiger partial charge on any atom is 0.265 e. The van der Waals surface area contributed by atoms with Gasteiger partial charge in [-0.2, -0.15) is 0 Å². The minimum atomic E-state index is -0.613. The average Bonchev–Trinajstić information content (AvgIpc) is 2.60. The minimum Gasteiger partial charge on any atom is -0.497 e. The molecule has 0 heterocycles. The van der Waals surface area contributed by atoms with Crippen LogP contribution >= 0.6 is 0 Å². The number of carbonyl (C=O) groups is 1. The number of ether oxygens (including phenoxy) is 3. The number of hydrogen-bond acceptors (Lipinski definition) is 4. The van der Waals surface area contributed by atoms with E-state index in [2.05, 4.69) is 5.32 Å². The van der Waals surface area contributed by atoms with Crippen LogP contribution in [0.4, 0.5) is 5.69 Å². The van der Waals surface area contributed by atoms with E-state index in [0.29, 0.717) is 29.4 Å². The largest absolute Gasteiger partial charge is 0.497 e. The maximum absolute atomic E-state index is 12.4. The van der Waals surface area contributed by atoms with Gasteiger partial charge in [-0.3, -0.25) is 4.79 Å². The van der Waals surface area contributed by atoms with Gasteiger partial charge in [0, 0.05) is 11.8 Å². The van der Waals surface area contributed by atoms with Gasteiger partial charge in [-0.15, -0.1) is 0 Å². The SMILES string of the molecule is CC[C@@H](Oc1ccccc1OC)C(=O)Nc1cccc(OC)c1. The van der Waals surface area contributed by atoms with Gasteiger partial charge in [0.2, 0.25) is 0 Å². The molecule has 0 aliphatic heterocycles. The quantitative estimate of drug-likeness (QED) is 0.849. The highest BCUT2D eigenvalue weighted by molar-refractivity contribution is 5.94. The Balaban J connectivity index is 2.09. The monoisotopic (exact) mass is 315 g/mol. The summed E-state index contributed by atoms with van der Waals surface area (Å²) in [4.78, 5) is 12.4. The topological polar surface area (TPSA) is 56.8 Å². The van der Waals surface area contributed by atoms with Crippen molar-refractivity contribution in [2.75, 3.05) is 19.5 Å². The Hall–Kier alpha value is -2.69. The first kappa shape index (κ1) is 16.7. The molecule has 23 heavy (non-hydrogen) atoms. The Labute approximate surface area is 136 Å². The number of rotatable bonds is 7. The Morgan fingerprint density at radius 3 is 2.43 bits per heavy atom. The summed E-state index contributed by atoms with van der Waals surface area (Å²) < 4.78 is 16.2. The highest BCUT2D eigenvalue weighted by Gasteiger charge is 2.20. The second kappa shape index (κ2) is 8.08. The van der Waals surface area contributed by atoms with E-state index in [9.17, 15) is 4.79 Å². The molecule has 5 heteroatoms. The molecule has 0 aliphatic rings. The summed E-state index contributed by atoms with van der Waals surface area (Å²) in [6, 6.07) is 14.5. The van der Waals surface area contributed by atoms with Crippen molar-refractivity contribution in [2.24, 2.45) is 0 Å². The van der Waals surface area contributed by atoms with Crippen LogP contribution in [0.15, 0.2) is 48.5 Å². The third kappa shape index (κ3) is 4.39. The zero-order valence-electron chi connectivity index (χ0n) is 13.5. The summed E-state index contributed by atoms with van der Waals surface area (Å²) in [5.41, 5.74) is 0.663. The van der Waals surface area contributed by atoms with Crippen LogP contribution in [-0.4, -0.2) is 26.2 Å². The fourth-order valence-electron chi connectivity index (χ4n) is 2.12. The number of anilines is 1. The summed E-state index contributed by atoms with van der Waals surface area (Å²) in [5.74, 6) is 1.61. The third-order valence-electron chi connectivity index (χ3n) is 3.34. The van der Waals surface area contributed by atoms with Crippen LogP contribution in [0.5, 0.6) is 17.2 Å². The lowest BCUT2D eigenvalue weighted by Gasteiger charge is -2.19. The molecule has 5 nitrogen and oxygen atoms in total. The normalized spacial score (nSPS) is 11.4. The molecule has 122 valence electrons. The maximum atomic E-state index is 12.4. The van der Waals surface area contributed by atoms with E-state index in [4.69, 9.17) is 14.2 Å². The van der Waals surface area contributed by atoms with Crippen LogP contribution in [0.25, 0.3) is 0 Å². The molecule has 2 aromatic rings. The van der Waals surface area contributed by atoms with Gasteiger partial charge in [0.05, 0.1) is 14.2 Å². The predicted molar refractivity (Wildman–Crippen MR) is 89.3 cm³/mol. The summed E-state index contributed by atoms with van der Waals surface area (Å²) >= 11 is 0. The van der Waals surface area contributed by atoms with Gasteiger partial charge in [-0.05, 0) is 30.7 Å². The molecule has 0 radical (unpaired) electrons. The number of para-hydroxylation sites is 2. The minimum absolute atomic E-state index is 0.216. The van der Waals surface area contributed by atoms with Crippen molar-refractivity contribution in [1.82, 2.24) is 0 Å². The molecule has 0 unspecified atom stereocenters. The Kier molecular flexibility index (Phi) is 5.86. The van der Waals surface area contributed by atoms with Gasteiger partial charge < -0.3 is 19.5 Å². The highest BCUT2D eigenvalue weighted by atomic mass is 16.5. The van der Waals surface area contributed by atoms with Crippen LogP contribution in [-0.2, 0) is 4.79 Å². The fourth-order valence-corrected chi connectivity index (χ4v) is 2.12. The van der Waals surface area contributed by atoms with Crippen molar-refractivity contribution in [1.29, 1.82) is 0 Å². The number of hydrogen-bond donors (Lipinski definition) is 1. The lowest BCUT2D eigenvalue weighted by atomic mass is 10.2. The Bertz CT molecular complexity index is 657. The molecule has 0 aliphatic carbocycles. The number of amides is 1. The number of methoxy groups -OCH3 is 2. The fraction of sp³-hybridized carbons (Fsp3) is 0.278. The highest BCUT2D eigenvalue weighted by Crippen LogP contribution is 2.27. The van der Waals surface area contributed by atoms with Crippen LogP contribution in [0.2, 0.25) is 0 Å². The van der Waals surface area contributed by atoms with Crippen molar-refractivity contribution in [3.05, 3.63) is 48.5 Å². The Morgan fingerprint density at radius 2 is 1.78 bits per heavy atom. The first-order valence-corrected chi connectivity index (χ1v) is 7.42. The second-order valence-electron chi connectivity index (χ2n) is 4.89. The third-order valence-corrected chi connectivity index (χ3v) is 3.34. The van der Waals surface area contributed by atoms with Gasteiger partial charge in [-0.25, -0.2) is 0 Å².